The molecule has 1 aromatic heterocycles. The molecule has 4 rings (SSSR count). The topological polar surface area (TPSA) is 64.4 Å². The van der Waals surface area contributed by atoms with Crippen LogP contribution < -0.4 is 10.1 Å². The Kier molecular flexibility index (Phi) is 6.33. The van der Waals surface area contributed by atoms with Crippen LogP contribution in [0.1, 0.15) is 16.7 Å². The first-order valence-corrected chi connectivity index (χ1v) is 10.9. The van der Waals surface area contributed by atoms with Gasteiger partial charge in [-0.2, -0.15) is 0 Å². The number of halogens is 3. The number of fused-ring (bicyclic) bond motifs is 1. The minimum atomic E-state index is -0.390. The van der Waals surface area contributed by atoms with Crippen LogP contribution in [0.25, 0.3) is 22.6 Å². The lowest BCUT2D eigenvalue weighted by Crippen LogP contribution is -2.20. The highest BCUT2D eigenvalue weighted by Gasteiger charge is 2.15. The number of benzene rings is 3. The van der Waals surface area contributed by atoms with Gasteiger partial charge in [0, 0.05) is 10.6 Å². The molecule has 0 radical (unpaired) electrons. The largest absolute Gasteiger partial charge is 0.482 e. The monoisotopic (exact) mass is 488 g/mol. The number of carbonyl (C=O) groups excluding carboxylic acids is 1. The van der Waals surface area contributed by atoms with Gasteiger partial charge in [0.15, 0.2) is 12.2 Å². The summed E-state index contributed by atoms with van der Waals surface area (Å²) in [5, 5.41) is 3.98. The van der Waals surface area contributed by atoms with E-state index in [4.69, 9.17) is 44.0 Å². The summed E-state index contributed by atoms with van der Waals surface area (Å²) in [6.07, 6.45) is 0. The molecule has 5 nitrogen and oxygen atoms in total. The lowest BCUT2D eigenvalue weighted by molar-refractivity contribution is -0.118. The zero-order valence-corrected chi connectivity index (χ0v) is 19.8. The molecule has 0 saturated heterocycles. The maximum atomic E-state index is 12.5. The molecular weight excluding hydrogens is 471 g/mol. The molecule has 1 N–H and O–H groups in total. The second-order valence-corrected chi connectivity index (χ2v) is 8.77. The molecule has 0 fully saturated rings. The summed E-state index contributed by atoms with van der Waals surface area (Å²) < 4.78 is 11.6. The van der Waals surface area contributed by atoms with Gasteiger partial charge < -0.3 is 14.5 Å². The first-order valence-electron chi connectivity index (χ1n) is 9.77. The van der Waals surface area contributed by atoms with Crippen molar-refractivity contribution >= 4 is 57.5 Å². The van der Waals surface area contributed by atoms with Gasteiger partial charge in [0.05, 0.1) is 15.7 Å². The average molecular weight is 490 g/mol. The van der Waals surface area contributed by atoms with Crippen LogP contribution in [-0.2, 0) is 4.79 Å². The molecule has 0 spiro atoms. The Morgan fingerprint density at radius 3 is 2.53 bits per heavy atom. The minimum Gasteiger partial charge on any atom is -0.482 e. The summed E-state index contributed by atoms with van der Waals surface area (Å²) in [4.78, 5) is 17.1. The van der Waals surface area contributed by atoms with Gasteiger partial charge in [-0.15, -0.1) is 0 Å². The first-order chi connectivity index (χ1) is 15.2. The number of ether oxygens (including phenoxy) is 1. The fourth-order valence-corrected chi connectivity index (χ4v) is 4.26. The van der Waals surface area contributed by atoms with E-state index >= 15 is 0 Å². The van der Waals surface area contributed by atoms with Crippen molar-refractivity contribution in [1.82, 2.24) is 4.98 Å². The maximum absolute atomic E-state index is 12.5. The van der Waals surface area contributed by atoms with Crippen LogP contribution in [0.2, 0.25) is 15.1 Å². The second kappa shape index (κ2) is 9.02. The summed E-state index contributed by atoms with van der Waals surface area (Å²) in [6.45, 7) is 5.54. The number of hydrogen-bond acceptors (Lipinski definition) is 4. The van der Waals surface area contributed by atoms with Gasteiger partial charge in [0.2, 0.25) is 5.89 Å². The molecule has 3 aromatic carbocycles. The molecule has 8 heteroatoms. The molecule has 0 atom stereocenters. The van der Waals surface area contributed by atoms with Crippen molar-refractivity contribution in [3.8, 4) is 17.2 Å². The van der Waals surface area contributed by atoms with Gasteiger partial charge >= 0.3 is 0 Å². The van der Waals surface area contributed by atoms with E-state index in [9.17, 15) is 4.79 Å². The number of aryl methyl sites for hydroxylation is 3. The Hall–Kier alpha value is -2.73. The second-order valence-electron chi connectivity index (χ2n) is 7.51. The Labute approximate surface area is 200 Å². The fraction of sp³-hybridized carbons (Fsp3) is 0.167. The molecule has 0 aliphatic rings. The van der Waals surface area contributed by atoms with E-state index in [1.165, 1.54) is 0 Å². The Balaban J connectivity index is 1.53. The summed E-state index contributed by atoms with van der Waals surface area (Å²) in [5.41, 5.74) is 5.47. The Bertz CT molecular complexity index is 1330. The lowest BCUT2D eigenvalue weighted by Gasteiger charge is -2.12. The molecular formula is C24H19Cl3N2O3. The van der Waals surface area contributed by atoms with E-state index < -0.39 is 5.91 Å². The molecule has 0 aliphatic heterocycles. The molecule has 0 bridgehead atoms. The molecule has 0 unspecified atom stereocenters. The van der Waals surface area contributed by atoms with Crippen molar-refractivity contribution in [3.63, 3.8) is 0 Å². The predicted octanol–water partition coefficient (Wildman–Crippen LogP) is 7.40. The van der Waals surface area contributed by atoms with E-state index in [2.05, 4.69) is 10.3 Å². The average Bonchev–Trinajstić information content (AvgIpc) is 3.13. The van der Waals surface area contributed by atoms with Gasteiger partial charge in [0.1, 0.15) is 11.3 Å². The van der Waals surface area contributed by atoms with E-state index in [0.717, 1.165) is 27.8 Å². The number of nitrogens with zero attached hydrogens (tertiary/aromatic N) is 1. The van der Waals surface area contributed by atoms with Crippen LogP contribution in [0.3, 0.4) is 0 Å². The molecule has 164 valence electrons. The Morgan fingerprint density at radius 2 is 1.78 bits per heavy atom. The lowest BCUT2D eigenvalue weighted by atomic mass is 10.1. The number of carbonyl (C=O) groups is 1. The van der Waals surface area contributed by atoms with Crippen molar-refractivity contribution in [2.45, 2.75) is 20.8 Å². The standard InChI is InChI=1S/C24H19Cl3N2O3/c1-12-6-13(2)23-20(7-12)29-24(32-23)15-4-5-17(26)19(9-15)28-21(30)11-31-22-14(3)8-16(25)10-18(22)27/h4-10H,11H2,1-3H3,(H,28,30). The maximum Gasteiger partial charge on any atom is 0.262 e. The van der Waals surface area contributed by atoms with Crippen LogP contribution in [0.5, 0.6) is 5.75 Å². The van der Waals surface area contributed by atoms with Crippen molar-refractivity contribution in [2.24, 2.45) is 0 Å². The molecule has 4 aromatic rings. The van der Waals surface area contributed by atoms with Crippen molar-refractivity contribution in [3.05, 3.63) is 74.2 Å². The summed E-state index contributed by atoms with van der Waals surface area (Å²) in [5.74, 6) is 0.461. The smallest absolute Gasteiger partial charge is 0.262 e. The number of amides is 1. The zero-order valence-electron chi connectivity index (χ0n) is 17.6. The van der Waals surface area contributed by atoms with Crippen LogP contribution in [0.4, 0.5) is 5.69 Å². The fourth-order valence-electron chi connectivity index (χ4n) is 3.45. The third-order valence-electron chi connectivity index (χ3n) is 4.85. The highest BCUT2D eigenvalue weighted by molar-refractivity contribution is 6.35. The summed E-state index contributed by atoms with van der Waals surface area (Å²) >= 11 is 18.4. The molecule has 1 amide bonds. The highest BCUT2D eigenvalue weighted by Crippen LogP contribution is 2.33. The molecule has 0 aliphatic carbocycles. The number of anilines is 1. The first kappa shape index (κ1) is 22.5. The minimum absolute atomic E-state index is 0.246. The third kappa shape index (κ3) is 4.70. The highest BCUT2D eigenvalue weighted by atomic mass is 35.5. The van der Waals surface area contributed by atoms with Gasteiger partial charge in [-0.3, -0.25) is 4.79 Å². The zero-order chi connectivity index (χ0) is 23.0. The molecule has 32 heavy (non-hydrogen) atoms. The van der Waals surface area contributed by atoms with E-state index in [-0.39, 0.29) is 6.61 Å². The predicted molar refractivity (Wildman–Crippen MR) is 129 cm³/mol. The van der Waals surface area contributed by atoms with E-state index in [0.29, 0.717) is 38.0 Å². The quantitative estimate of drug-likeness (QED) is 0.317. The summed E-state index contributed by atoms with van der Waals surface area (Å²) in [6, 6.07) is 12.5. The summed E-state index contributed by atoms with van der Waals surface area (Å²) in [7, 11) is 0. The van der Waals surface area contributed by atoms with Gasteiger partial charge in [-0.05, 0) is 73.9 Å². The van der Waals surface area contributed by atoms with Crippen molar-refractivity contribution in [1.29, 1.82) is 0 Å². The van der Waals surface area contributed by atoms with Crippen LogP contribution in [0.15, 0.2) is 46.9 Å². The number of rotatable bonds is 5. The third-order valence-corrected chi connectivity index (χ3v) is 5.68. The molecule has 1 heterocycles. The van der Waals surface area contributed by atoms with Gasteiger partial charge in [-0.25, -0.2) is 4.98 Å². The van der Waals surface area contributed by atoms with Crippen molar-refractivity contribution in [2.75, 3.05) is 11.9 Å². The van der Waals surface area contributed by atoms with Crippen LogP contribution in [0, 0.1) is 20.8 Å². The number of aromatic nitrogens is 1. The van der Waals surface area contributed by atoms with Gasteiger partial charge in [0.25, 0.3) is 5.91 Å². The molecule has 0 saturated carbocycles. The van der Waals surface area contributed by atoms with Crippen molar-refractivity contribution < 1.29 is 13.9 Å². The van der Waals surface area contributed by atoms with Crippen LogP contribution in [-0.4, -0.2) is 17.5 Å². The number of nitrogens with one attached hydrogen (secondary N) is 1. The number of hydrogen-bond donors (Lipinski definition) is 1. The van der Waals surface area contributed by atoms with E-state index in [1.54, 1.807) is 37.3 Å². The SMILES string of the molecule is Cc1cc(C)c2oc(-c3ccc(Cl)c(NC(=O)COc4c(C)cc(Cl)cc4Cl)c3)nc2c1. The Morgan fingerprint density at radius 1 is 1.00 bits per heavy atom. The van der Waals surface area contributed by atoms with E-state index in [1.807, 2.05) is 26.0 Å². The number of oxazole rings is 1. The van der Waals surface area contributed by atoms with Gasteiger partial charge in [-0.1, -0.05) is 40.9 Å². The van der Waals surface area contributed by atoms with Crippen LogP contribution >= 0.6 is 34.8 Å². The normalized spacial score (nSPS) is 11.1.